The van der Waals surface area contributed by atoms with Crippen LogP contribution >= 0.6 is 0 Å². The number of hydrogen-bond donors (Lipinski definition) is 0. The highest BCUT2D eigenvalue weighted by Gasteiger charge is 2.04. The van der Waals surface area contributed by atoms with Gasteiger partial charge in [-0.05, 0) is 24.1 Å². The van der Waals surface area contributed by atoms with Gasteiger partial charge in [-0.15, -0.1) is 0 Å². The topological polar surface area (TPSA) is 26.0 Å². The highest BCUT2D eigenvalue weighted by Crippen LogP contribution is 2.16. The summed E-state index contributed by atoms with van der Waals surface area (Å²) in [5.74, 6) is 0.815. The highest BCUT2D eigenvalue weighted by atomic mass is 16.3. The fourth-order valence-electron chi connectivity index (χ4n) is 1.92. The van der Waals surface area contributed by atoms with E-state index in [1.54, 1.807) is 0 Å². The van der Waals surface area contributed by atoms with Crippen LogP contribution in [0.5, 0.6) is 0 Å². The minimum absolute atomic E-state index is 0.815. The Balaban J connectivity index is 1.77. The lowest BCUT2D eigenvalue weighted by Gasteiger charge is -1.96. The van der Waals surface area contributed by atoms with Gasteiger partial charge in [0.1, 0.15) is 5.52 Å². The summed E-state index contributed by atoms with van der Waals surface area (Å²) in [6.45, 7) is 0. The molecule has 0 N–H and O–H groups in total. The normalized spacial score (nSPS) is 10.8. The summed E-state index contributed by atoms with van der Waals surface area (Å²) in [4.78, 5) is 4.46. The number of nitrogens with zero attached hydrogens (tertiary/aromatic N) is 1. The Kier molecular flexibility index (Phi) is 2.62. The van der Waals surface area contributed by atoms with Crippen LogP contribution < -0.4 is 0 Å². The van der Waals surface area contributed by atoms with Gasteiger partial charge in [-0.3, -0.25) is 0 Å². The number of para-hydroxylation sites is 2. The monoisotopic (exact) mass is 223 g/mol. The minimum Gasteiger partial charge on any atom is -0.441 e. The van der Waals surface area contributed by atoms with Gasteiger partial charge in [0, 0.05) is 6.42 Å². The van der Waals surface area contributed by atoms with Crippen LogP contribution in [-0.2, 0) is 12.8 Å². The minimum atomic E-state index is 0.815. The van der Waals surface area contributed by atoms with E-state index in [0.717, 1.165) is 29.8 Å². The van der Waals surface area contributed by atoms with Crippen molar-refractivity contribution in [2.45, 2.75) is 12.8 Å². The fraction of sp³-hybridized carbons (Fsp3) is 0.133. The molecule has 3 rings (SSSR count). The summed E-state index contributed by atoms with van der Waals surface area (Å²) in [6.07, 6.45) is 1.81. The molecule has 0 bridgehead atoms. The molecular weight excluding hydrogens is 210 g/mol. The first-order valence-electron chi connectivity index (χ1n) is 5.80. The summed E-state index contributed by atoms with van der Waals surface area (Å²) in [5.41, 5.74) is 3.13. The van der Waals surface area contributed by atoms with Gasteiger partial charge in [0.2, 0.25) is 0 Å². The number of hydrogen-bond acceptors (Lipinski definition) is 2. The molecule has 0 saturated carbocycles. The molecule has 2 nitrogen and oxygen atoms in total. The molecule has 0 atom stereocenters. The molecule has 0 amide bonds. The molecule has 84 valence electrons. The van der Waals surface area contributed by atoms with E-state index in [9.17, 15) is 0 Å². The van der Waals surface area contributed by atoms with E-state index in [2.05, 4.69) is 29.2 Å². The number of aryl methyl sites for hydroxylation is 2. The summed E-state index contributed by atoms with van der Waals surface area (Å²) >= 11 is 0. The van der Waals surface area contributed by atoms with Gasteiger partial charge in [0.05, 0.1) is 0 Å². The van der Waals surface area contributed by atoms with Crippen LogP contribution in [0, 0.1) is 0 Å². The first-order valence-corrected chi connectivity index (χ1v) is 5.80. The first-order chi connectivity index (χ1) is 8.42. The van der Waals surface area contributed by atoms with Crippen LogP contribution in [0.1, 0.15) is 11.5 Å². The van der Waals surface area contributed by atoms with E-state index in [1.165, 1.54) is 5.56 Å². The largest absolute Gasteiger partial charge is 0.441 e. The predicted molar refractivity (Wildman–Crippen MR) is 67.9 cm³/mol. The molecule has 0 aliphatic heterocycles. The predicted octanol–water partition coefficient (Wildman–Crippen LogP) is 3.61. The third-order valence-corrected chi connectivity index (χ3v) is 2.81. The summed E-state index contributed by atoms with van der Waals surface area (Å²) in [6, 6.07) is 18.3. The SMILES string of the molecule is c1ccc(CCc2nc3ccccc3o2)cc1. The Morgan fingerprint density at radius 2 is 1.59 bits per heavy atom. The number of rotatable bonds is 3. The second-order valence-corrected chi connectivity index (χ2v) is 4.06. The van der Waals surface area contributed by atoms with Crippen molar-refractivity contribution in [2.24, 2.45) is 0 Å². The van der Waals surface area contributed by atoms with E-state index in [4.69, 9.17) is 4.42 Å². The molecule has 0 fully saturated rings. The van der Waals surface area contributed by atoms with Gasteiger partial charge in [-0.1, -0.05) is 42.5 Å². The quantitative estimate of drug-likeness (QED) is 0.678. The average Bonchev–Trinajstić information content (AvgIpc) is 2.80. The van der Waals surface area contributed by atoms with Gasteiger partial charge in [0.15, 0.2) is 11.5 Å². The molecule has 0 spiro atoms. The molecule has 0 aliphatic carbocycles. The summed E-state index contributed by atoms with van der Waals surface area (Å²) in [7, 11) is 0. The highest BCUT2D eigenvalue weighted by molar-refractivity contribution is 5.72. The maximum absolute atomic E-state index is 5.68. The van der Waals surface area contributed by atoms with Crippen LogP contribution in [0.3, 0.4) is 0 Å². The van der Waals surface area contributed by atoms with Crippen LogP contribution in [-0.4, -0.2) is 4.98 Å². The van der Waals surface area contributed by atoms with E-state index in [-0.39, 0.29) is 0 Å². The number of aromatic nitrogens is 1. The van der Waals surface area contributed by atoms with E-state index in [0.29, 0.717) is 0 Å². The summed E-state index contributed by atoms with van der Waals surface area (Å²) < 4.78 is 5.68. The third-order valence-electron chi connectivity index (χ3n) is 2.81. The molecule has 2 aromatic carbocycles. The third kappa shape index (κ3) is 2.21. The molecular formula is C15H13NO. The Morgan fingerprint density at radius 1 is 0.824 bits per heavy atom. The Bertz CT molecular complexity index is 580. The summed E-state index contributed by atoms with van der Waals surface area (Å²) in [5, 5.41) is 0. The van der Waals surface area contributed by atoms with Crippen molar-refractivity contribution in [3.8, 4) is 0 Å². The molecule has 0 unspecified atom stereocenters. The molecule has 0 saturated heterocycles. The van der Waals surface area contributed by atoms with Crippen LogP contribution in [0.15, 0.2) is 59.0 Å². The Labute approximate surface area is 99.9 Å². The second kappa shape index (κ2) is 4.42. The zero-order valence-electron chi connectivity index (χ0n) is 9.47. The molecule has 2 heteroatoms. The van der Waals surface area contributed by atoms with Crippen molar-refractivity contribution in [1.82, 2.24) is 4.98 Å². The van der Waals surface area contributed by atoms with Crippen LogP contribution in [0.2, 0.25) is 0 Å². The molecule has 17 heavy (non-hydrogen) atoms. The van der Waals surface area contributed by atoms with E-state index >= 15 is 0 Å². The molecule has 1 heterocycles. The van der Waals surface area contributed by atoms with Crippen molar-refractivity contribution in [2.75, 3.05) is 0 Å². The Hall–Kier alpha value is -2.09. The first kappa shape index (κ1) is 10.1. The molecule has 0 radical (unpaired) electrons. The number of benzene rings is 2. The second-order valence-electron chi connectivity index (χ2n) is 4.06. The average molecular weight is 223 g/mol. The molecule has 1 aromatic heterocycles. The number of oxazole rings is 1. The van der Waals surface area contributed by atoms with Gasteiger partial charge in [-0.25, -0.2) is 4.98 Å². The lowest BCUT2D eigenvalue weighted by atomic mass is 10.1. The van der Waals surface area contributed by atoms with Gasteiger partial charge >= 0.3 is 0 Å². The van der Waals surface area contributed by atoms with Crippen molar-refractivity contribution >= 4 is 11.1 Å². The zero-order chi connectivity index (χ0) is 11.5. The van der Waals surface area contributed by atoms with Gasteiger partial charge in [-0.2, -0.15) is 0 Å². The van der Waals surface area contributed by atoms with Crippen molar-refractivity contribution in [1.29, 1.82) is 0 Å². The lowest BCUT2D eigenvalue weighted by Crippen LogP contribution is -1.90. The molecule has 3 aromatic rings. The van der Waals surface area contributed by atoms with Crippen molar-refractivity contribution < 1.29 is 4.42 Å². The van der Waals surface area contributed by atoms with Crippen molar-refractivity contribution in [3.05, 3.63) is 66.1 Å². The smallest absolute Gasteiger partial charge is 0.195 e. The fourth-order valence-corrected chi connectivity index (χ4v) is 1.92. The maximum Gasteiger partial charge on any atom is 0.195 e. The maximum atomic E-state index is 5.68. The zero-order valence-corrected chi connectivity index (χ0v) is 9.47. The van der Waals surface area contributed by atoms with E-state index < -0.39 is 0 Å². The lowest BCUT2D eigenvalue weighted by molar-refractivity contribution is 0.528. The van der Waals surface area contributed by atoms with E-state index in [1.807, 2.05) is 30.3 Å². The molecule has 0 aliphatic rings. The van der Waals surface area contributed by atoms with Crippen LogP contribution in [0.25, 0.3) is 11.1 Å². The number of fused-ring (bicyclic) bond motifs is 1. The Morgan fingerprint density at radius 3 is 2.41 bits per heavy atom. The van der Waals surface area contributed by atoms with Crippen molar-refractivity contribution in [3.63, 3.8) is 0 Å². The standard InChI is InChI=1S/C15H13NO/c1-2-6-12(7-3-1)10-11-15-16-13-8-4-5-9-14(13)17-15/h1-9H,10-11H2. The van der Waals surface area contributed by atoms with Gasteiger partial charge < -0.3 is 4.42 Å². The van der Waals surface area contributed by atoms with Crippen LogP contribution in [0.4, 0.5) is 0 Å². The van der Waals surface area contributed by atoms with Gasteiger partial charge in [0.25, 0.3) is 0 Å².